The summed E-state index contributed by atoms with van der Waals surface area (Å²) in [5, 5.41) is 32.9. The van der Waals surface area contributed by atoms with Crippen LogP contribution in [0.2, 0.25) is 5.02 Å². The van der Waals surface area contributed by atoms with Crippen LogP contribution in [0.5, 0.6) is 5.75 Å². The van der Waals surface area contributed by atoms with Crippen LogP contribution in [0.15, 0.2) is 89.9 Å². The second-order valence-corrected chi connectivity index (χ2v) is 19.5. The van der Waals surface area contributed by atoms with Crippen LogP contribution in [0.4, 0.5) is 15.8 Å². The molecule has 6 aromatic rings. The summed E-state index contributed by atoms with van der Waals surface area (Å²) < 4.78 is 16.1. The predicted molar refractivity (Wildman–Crippen MR) is 248 cm³/mol. The third-order valence-electron chi connectivity index (χ3n) is 14.0. The fraction of sp³-hybridized carbons (Fsp3) is 0.380. The first kappa shape index (κ1) is 41.0. The van der Waals surface area contributed by atoms with Gasteiger partial charge in [-0.1, -0.05) is 48.0 Å². The van der Waals surface area contributed by atoms with Crippen molar-refractivity contribution in [2.75, 3.05) is 55.6 Å². The number of anilines is 2. The molecule has 3 aliphatic heterocycles. The minimum Gasteiger partial charge on any atom is -0.508 e. The van der Waals surface area contributed by atoms with Gasteiger partial charge < -0.3 is 20.0 Å². The van der Waals surface area contributed by atoms with Gasteiger partial charge in [0.25, 0.3) is 0 Å². The average molecular weight is 871 g/mol. The number of nitrogens with zero attached hydrogens (tertiary/aromatic N) is 7. The molecular weight excluding hydrogens is 817 g/mol. The number of rotatable bonds is 7. The van der Waals surface area contributed by atoms with Crippen molar-refractivity contribution >= 4 is 40.0 Å². The van der Waals surface area contributed by atoms with Crippen LogP contribution in [-0.4, -0.2) is 87.0 Å². The van der Waals surface area contributed by atoms with Gasteiger partial charge in [0.05, 0.1) is 22.0 Å². The van der Waals surface area contributed by atoms with Crippen LogP contribution >= 0.6 is 22.9 Å². The first-order valence-corrected chi connectivity index (χ1v) is 23.1. The summed E-state index contributed by atoms with van der Waals surface area (Å²) in [6.45, 7) is 14.1. The number of thiophene rings is 1. The van der Waals surface area contributed by atoms with Gasteiger partial charge in [0.15, 0.2) is 5.82 Å². The van der Waals surface area contributed by atoms with E-state index in [0.717, 1.165) is 107 Å². The molecule has 0 unspecified atom stereocenters. The molecule has 2 N–H and O–H groups in total. The quantitative estimate of drug-likeness (QED) is 0.165. The number of aromatic hydroxyl groups is 1. The molecular formula is C50H53ClFN7O2S. The maximum atomic E-state index is 13.9. The fourth-order valence-corrected chi connectivity index (χ4v) is 12.0. The van der Waals surface area contributed by atoms with E-state index in [-0.39, 0.29) is 29.4 Å². The molecule has 2 aromatic heterocycles. The van der Waals surface area contributed by atoms with Crippen molar-refractivity contribution < 1.29 is 14.6 Å². The van der Waals surface area contributed by atoms with E-state index in [1.165, 1.54) is 27.3 Å². The maximum Gasteiger partial charge on any atom is 0.162 e. The third kappa shape index (κ3) is 7.50. The van der Waals surface area contributed by atoms with E-state index in [0.29, 0.717) is 19.4 Å². The van der Waals surface area contributed by atoms with Crippen LogP contribution < -0.4 is 9.80 Å². The highest BCUT2D eigenvalue weighted by Crippen LogP contribution is 2.48. The Hall–Kier alpha value is -5.07. The number of piperazine rings is 1. The molecule has 320 valence electrons. The summed E-state index contributed by atoms with van der Waals surface area (Å²) in [6, 6.07) is 27.7. The number of aliphatic hydroxyl groups is 1. The number of hydrogen-bond donors (Lipinski definition) is 2. The Morgan fingerprint density at radius 3 is 2.29 bits per heavy atom. The number of phenols is 1. The molecule has 10 rings (SSSR count). The predicted octanol–water partition coefficient (Wildman–Crippen LogP) is 9.68. The zero-order valence-corrected chi connectivity index (χ0v) is 37.4. The SMILES string of the molecule is Cc1sc2c(c1C)C(c1ccc(N3CCC(O)(CN4CCN(c5ccc([C@H]6c7ccc(O)cc7CC[C@H]6c6ccc(F)cc6)cc5Cl)CC4)CC3)cc1)=N[C@@H](C)c1nnc(C)n1-2. The highest BCUT2D eigenvalue weighted by Gasteiger charge is 2.37. The Bertz CT molecular complexity index is 2660. The molecule has 5 heterocycles. The number of β-amino-alcohol motifs (C(OH)–C–C–N with tert-alkyl or cyclic N) is 1. The Morgan fingerprint density at radius 2 is 1.56 bits per heavy atom. The van der Waals surface area contributed by atoms with Crippen LogP contribution in [-0.2, 0) is 6.42 Å². The monoisotopic (exact) mass is 869 g/mol. The lowest BCUT2D eigenvalue weighted by atomic mass is 9.69. The van der Waals surface area contributed by atoms with Gasteiger partial charge >= 0.3 is 0 Å². The maximum absolute atomic E-state index is 13.9. The number of aliphatic imine (C=N–C) groups is 1. The molecule has 12 heteroatoms. The zero-order chi connectivity index (χ0) is 42.9. The lowest BCUT2D eigenvalue weighted by molar-refractivity contribution is -0.0173. The average Bonchev–Trinajstić information content (AvgIpc) is 3.76. The van der Waals surface area contributed by atoms with E-state index in [1.54, 1.807) is 29.5 Å². The van der Waals surface area contributed by atoms with E-state index in [1.807, 2.05) is 31.2 Å². The molecule has 4 aromatic carbocycles. The lowest BCUT2D eigenvalue weighted by Crippen LogP contribution is -2.55. The van der Waals surface area contributed by atoms with E-state index in [2.05, 4.69) is 92.7 Å². The van der Waals surface area contributed by atoms with Crippen molar-refractivity contribution in [3.8, 4) is 10.8 Å². The Labute approximate surface area is 372 Å². The summed E-state index contributed by atoms with van der Waals surface area (Å²) in [5.41, 5.74) is 10.5. The van der Waals surface area contributed by atoms with Crippen molar-refractivity contribution in [2.24, 2.45) is 4.99 Å². The number of fused-ring (bicyclic) bond motifs is 4. The first-order valence-electron chi connectivity index (χ1n) is 22.0. The first-order chi connectivity index (χ1) is 29.9. The molecule has 9 nitrogen and oxygen atoms in total. The van der Waals surface area contributed by atoms with Gasteiger partial charge in [0.1, 0.15) is 28.4 Å². The summed E-state index contributed by atoms with van der Waals surface area (Å²) in [5.74, 6) is 1.98. The molecule has 1 aliphatic carbocycles. The van der Waals surface area contributed by atoms with Gasteiger partial charge in [0, 0.05) is 73.4 Å². The normalized spacial score (nSPS) is 21.2. The molecule has 0 bridgehead atoms. The second-order valence-electron chi connectivity index (χ2n) is 17.8. The Balaban J connectivity index is 0.773. The van der Waals surface area contributed by atoms with Crippen LogP contribution in [0.25, 0.3) is 5.00 Å². The third-order valence-corrected chi connectivity index (χ3v) is 15.5. The topological polar surface area (TPSA) is 93.2 Å². The zero-order valence-electron chi connectivity index (χ0n) is 35.8. The summed E-state index contributed by atoms with van der Waals surface area (Å²) in [7, 11) is 0. The standard InChI is InChI=1S/C50H53ClFN7O2S/c1-30-32(3)62-49-45(30)47(53-31(2)48-55-54-33(4)59(48)49)35-7-13-39(14-8-35)57-21-19-50(61,20-22-57)29-56-23-25-58(26-24-56)44-18-10-37(28-43(44)51)46-41(34-5-11-38(52)12-6-34)16-9-36-27-40(60)15-17-42(36)46/h5-8,10-15,17-18,27-28,31,41,46,60-61H,9,16,19-26,29H2,1-4H3/t31-,41-,46+/m0/s1. The van der Waals surface area contributed by atoms with E-state index >= 15 is 0 Å². The van der Waals surface area contributed by atoms with Gasteiger partial charge in [0.2, 0.25) is 0 Å². The molecule has 62 heavy (non-hydrogen) atoms. The molecule has 0 amide bonds. The van der Waals surface area contributed by atoms with Crippen molar-refractivity contribution in [3.05, 3.63) is 151 Å². The van der Waals surface area contributed by atoms with Gasteiger partial charge in [-0.05, 0) is 136 Å². The van der Waals surface area contributed by atoms with Crippen molar-refractivity contribution in [3.63, 3.8) is 0 Å². The summed E-state index contributed by atoms with van der Waals surface area (Å²) >= 11 is 8.91. The minimum atomic E-state index is -0.737. The minimum absolute atomic E-state index is 0.0310. The lowest BCUT2D eigenvalue weighted by Gasteiger charge is -2.44. The van der Waals surface area contributed by atoms with Crippen molar-refractivity contribution in [1.29, 1.82) is 0 Å². The van der Waals surface area contributed by atoms with E-state index < -0.39 is 5.60 Å². The molecule has 0 spiro atoms. The number of hydrogen-bond acceptors (Lipinski definition) is 9. The molecule has 3 atom stereocenters. The van der Waals surface area contributed by atoms with Gasteiger partial charge in [-0.15, -0.1) is 21.5 Å². The highest BCUT2D eigenvalue weighted by molar-refractivity contribution is 7.15. The van der Waals surface area contributed by atoms with E-state index in [4.69, 9.17) is 16.6 Å². The van der Waals surface area contributed by atoms with Crippen LogP contribution in [0.1, 0.15) is 99.5 Å². The molecule has 0 radical (unpaired) electrons. The van der Waals surface area contributed by atoms with Gasteiger partial charge in [-0.25, -0.2) is 4.39 Å². The van der Waals surface area contributed by atoms with Crippen LogP contribution in [0, 0.1) is 26.6 Å². The van der Waals surface area contributed by atoms with E-state index in [9.17, 15) is 14.6 Å². The number of benzene rings is 4. The Morgan fingerprint density at radius 1 is 0.839 bits per heavy atom. The summed E-state index contributed by atoms with van der Waals surface area (Å²) in [4.78, 5) is 13.7. The number of phenolic OH excluding ortho intramolecular Hbond substituents is 1. The summed E-state index contributed by atoms with van der Waals surface area (Å²) in [6.07, 6.45) is 3.17. The van der Waals surface area contributed by atoms with Crippen LogP contribution in [0.3, 0.4) is 0 Å². The number of aromatic nitrogens is 3. The molecule has 2 fully saturated rings. The van der Waals surface area contributed by atoms with Gasteiger partial charge in [-0.2, -0.15) is 0 Å². The fourth-order valence-electron chi connectivity index (χ4n) is 10.5. The van der Waals surface area contributed by atoms with Crippen molar-refractivity contribution in [2.45, 2.75) is 76.9 Å². The largest absolute Gasteiger partial charge is 0.508 e. The molecule has 0 saturated carbocycles. The van der Waals surface area contributed by atoms with Crippen molar-refractivity contribution in [1.82, 2.24) is 19.7 Å². The Kier molecular flexibility index (Phi) is 10.7. The number of aryl methyl sites for hydroxylation is 3. The number of halogens is 2. The molecule has 2 saturated heterocycles. The second kappa shape index (κ2) is 16.2. The number of piperidine rings is 1. The molecule has 4 aliphatic rings. The smallest absolute Gasteiger partial charge is 0.162 e. The highest BCUT2D eigenvalue weighted by atomic mass is 35.5. The van der Waals surface area contributed by atoms with Gasteiger partial charge in [-0.3, -0.25) is 14.5 Å².